The van der Waals surface area contributed by atoms with Crippen LogP contribution < -0.4 is 10.1 Å². The number of likely N-dealkylation sites (tertiary alicyclic amines) is 1. The summed E-state index contributed by atoms with van der Waals surface area (Å²) in [6.45, 7) is 0.954. The van der Waals surface area contributed by atoms with Crippen molar-refractivity contribution < 1.29 is 27.5 Å². The van der Waals surface area contributed by atoms with E-state index in [1.807, 2.05) is 0 Å². The molecule has 180 valence electrons. The number of fused-ring (bicyclic) bond motifs is 1. The molecular weight excluding hydrogens is 446 g/mol. The molecule has 3 amide bonds. The second-order valence-electron chi connectivity index (χ2n) is 8.95. The monoisotopic (exact) mass is 477 g/mol. The number of anilines is 1. The Bertz CT molecular complexity index is 1010. The van der Waals surface area contributed by atoms with Crippen LogP contribution in [0.25, 0.3) is 0 Å². The second kappa shape index (κ2) is 9.80. The average molecular weight is 478 g/mol. The average Bonchev–Trinajstić information content (AvgIpc) is 3.08. The first kappa shape index (κ1) is 23.7. The summed E-state index contributed by atoms with van der Waals surface area (Å²) in [6.07, 6.45) is 5.96. The smallest absolute Gasteiger partial charge is 0.246 e. The van der Waals surface area contributed by atoms with Crippen LogP contribution in [-0.2, 0) is 24.4 Å². The summed E-state index contributed by atoms with van der Waals surface area (Å²) >= 11 is 0. The van der Waals surface area contributed by atoms with E-state index in [0.29, 0.717) is 18.8 Å². The van der Waals surface area contributed by atoms with Gasteiger partial charge in [0.15, 0.2) is 0 Å². The highest BCUT2D eigenvalue weighted by atomic mass is 32.2. The van der Waals surface area contributed by atoms with Crippen LogP contribution in [0.2, 0.25) is 0 Å². The van der Waals surface area contributed by atoms with Crippen LogP contribution in [0.5, 0.6) is 5.75 Å². The van der Waals surface area contributed by atoms with E-state index in [1.54, 1.807) is 6.07 Å². The molecule has 2 saturated heterocycles. The number of benzene rings is 1. The fourth-order valence-corrected chi connectivity index (χ4v) is 6.79. The number of piperidine rings is 1. The molecule has 1 aromatic rings. The summed E-state index contributed by atoms with van der Waals surface area (Å²) in [4.78, 5) is 39.0. The number of nitrogens with zero attached hydrogens (tertiary/aromatic N) is 2. The minimum atomic E-state index is -3.76. The number of hydrogen-bond donors (Lipinski definition) is 1. The Balaban J connectivity index is 1.42. The third-order valence-corrected chi connectivity index (χ3v) is 8.79. The van der Waals surface area contributed by atoms with Crippen LogP contribution in [-0.4, -0.2) is 62.1 Å². The van der Waals surface area contributed by atoms with E-state index in [9.17, 15) is 22.8 Å². The van der Waals surface area contributed by atoms with Crippen LogP contribution in [0, 0.1) is 11.8 Å². The number of hydrogen-bond acceptors (Lipinski definition) is 6. The van der Waals surface area contributed by atoms with Crippen LogP contribution in [0.3, 0.4) is 0 Å². The summed E-state index contributed by atoms with van der Waals surface area (Å²) in [5.41, 5.74) is 0.323. The fraction of sp³-hybridized carbons (Fsp3) is 0.609. The molecule has 3 aliphatic rings. The van der Waals surface area contributed by atoms with Gasteiger partial charge < -0.3 is 10.1 Å². The zero-order valence-corrected chi connectivity index (χ0v) is 19.7. The number of imide groups is 1. The van der Waals surface area contributed by atoms with Crippen LogP contribution in [0.4, 0.5) is 5.69 Å². The normalized spacial score (nSPS) is 24.0. The topological polar surface area (TPSA) is 113 Å². The lowest BCUT2D eigenvalue weighted by Gasteiger charge is -2.26. The van der Waals surface area contributed by atoms with Gasteiger partial charge in [0.2, 0.25) is 27.7 Å². The molecule has 1 aliphatic carbocycles. The minimum Gasteiger partial charge on any atom is -0.495 e. The van der Waals surface area contributed by atoms with Gasteiger partial charge in [0.25, 0.3) is 0 Å². The van der Waals surface area contributed by atoms with E-state index >= 15 is 0 Å². The van der Waals surface area contributed by atoms with Crippen LogP contribution in [0.15, 0.2) is 23.1 Å². The van der Waals surface area contributed by atoms with E-state index in [1.165, 1.54) is 28.4 Å². The van der Waals surface area contributed by atoms with Crippen molar-refractivity contribution in [2.75, 3.05) is 32.1 Å². The number of nitrogens with one attached hydrogen (secondary N) is 1. The molecule has 1 aromatic carbocycles. The second-order valence-corrected chi connectivity index (χ2v) is 10.9. The van der Waals surface area contributed by atoms with E-state index < -0.39 is 15.9 Å². The van der Waals surface area contributed by atoms with Gasteiger partial charge in [-0.2, -0.15) is 4.31 Å². The van der Waals surface area contributed by atoms with Gasteiger partial charge >= 0.3 is 0 Å². The highest BCUT2D eigenvalue weighted by Crippen LogP contribution is 2.38. The van der Waals surface area contributed by atoms with Crippen molar-refractivity contribution in [1.82, 2.24) is 9.21 Å². The third kappa shape index (κ3) is 4.77. The molecule has 0 aromatic heterocycles. The standard InChI is InChI=1S/C23H31N3O6S/c1-32-19-10-9-16(15-20(19)33(30,31)25-12-5-2-6-13-25)24-21(27)11-14-26-22(28)17-7-3-4-8-18(17)23(26)29/h9-10,15,17-18H,2-8,11-14H2,1H3,(H,24,27)/t17-,18-/m1/s1. The molecule has 0 radical (unpaired) electrons. The molecule has 4 rings (SSSR count). The molecule has 10 heteroatoms. The summed E-state index contributed by atoms with van der Waals surface area (Å²) < 4.78 is 33.0. The molecular formula is C23H31N3O6S. The number of methoxy groups -OCH3 is 1. The van der Waals surface area contributed by atoms with Crippen molar-refractivity contribution in [3.63, 3.8) is 0 Å². The lowest BCUT2D eigenvalue weighted by Crippen LogP contribution is -2.35. The molecule has 2 heterocycles. The van der Waals surface area contributed by atoms with E-state index in [0.717, 1.165) is 44.9 Å². The lowest BCUT2D eigenvalue weighted by atomic mass is 9.81. The van der Waals surface area contributed by atoms with Gasteiger partial charge in [0.05, 0.1) is 18.9 Å². The first-order valence-electron chi connectivity index (χ1n) is 11.7. The molecule has 1 N–H and O–H groups in total. The maximum absolute atomic E-state index is 13.2. The zero-order chi connectivity index (χ0) is 23.6. The molecule has 0 unspecified atom stereocenters. The van der Waals surface area contributed by atoms with Crippen molar-refractivity contribution in [1.29, 1.82) is 0 Å². The van der Waals surface area contributed by atoms with Crippen molar-refractivity contribution in [2.24, 2.45) is 11.8 Å². The number of rotatable bonds is 7. The lowest BCUT2D eigenvalue weighted by molar-refractivity contribution is -0.140. The molecule has 3 fully saturated rings. The Hall–Kier alpha value is -2.46. The van der Waals surface area contributed by atoms with Gasteiger partial charge in [-0.1, -0.05) is 19.3 Å². The van der Waals surface area contributed by atoms with Crippen LogP contribution >= 0.6 is 0 Å². The van der Waals surface area contributed by atoms with Gasteiger partial charge in [-0.3, -0.25) is 19.3 Å². The van der Waals surface area contributed by atoms with Crippen LogP contribution in [0.1, 0.15) is 51.4 Å². The van der Waals surface area contributed by atoms with Gasteiger partial charge in [-0.15, -0.1) is 0 Å². The number of carbonyl (C=O) groups is 3. The third-order valence-electron chi connectivity index (χ3n) is 6.88. The highest BCUT2D eigenvalue weighted by molar-refractivity contribution is 7.89. The number of amides is 3. The molecule has 2 aliphatic heterocycles. The van der Waals surface area contributed by atoms with Gasteiger partial charge in [0.1, 0.15) is 10.6 Å². The fourth-order valence-electron chi connectivity index (χ4n) is 5.09. The molecule has 0 spiro atoms. The predicted molar refractivity (Wildman–Crippen MR) is 121 cm³/mol. The minimum absolute atomic E-state index is 0.0127. The van der Waals surface area contributed by atoms with E-state index in [2.05, 4.69) is 5.32 Å². The van der Waals surface area contributed by atoms with Crippen molar-refractivity contribution >= 4 is 33.4 Å². The van der Waals surface area contributed by atoms with Gasteiger partial charge in [0, 0.05) is 31.7 Å². The van der Waals surface area contributed by atoms with Gasteiger partial charge in [-0.25, -0.2) is 8.42 Å². The SMILES string of the molecule is COc1ccc(NC(=O)CCN2C(=O)[C@@H]3CCCC[C@H]3C2=O)cc1S(=O)(=O)N1CCCCC1. The molecule has 9 nitrogen and oxygen atoms in total. The molecule has 33 heavy (non-hydrogen) atoms. The Kier molecular flexibility index (Phi) is 7.04. The summed E-state index contributed by atoms with van der Waals surface area (Å²) in [7, 11) is -2.35. The van der Waals surface area contributed by atoms with Crippen molar-refractivity contribution in [3.8, 4) is 5.75 Å². The largest absolute Gasteiger partial charge is 0.495 e. The number of sulfonamides is 1. The number of ether oxygens (including phenoxy) is 1. The zero-order valence-electron chi connectivity index (χ0n) is 18.9. The van der Waals surface area contributed by atoms with E-state index in [4.69, 9.17) is 4.74 Å². The first-order chi connectivity index (χ1) is 15.8. The summed E-state index contributed by atoms with van der Waals surface area (Å²) in [5.74, 6) is -0.989. The van der Waals surface area contributed by atoms with Crippen molar-refractivity contribution in [3.05, 3.63) is 18.2 Å². The van der Waals surface area contributed by atoms with Crippen molar-refractivity contribution in [2.45, 2.75) is 56.3 Å². The Morgan fingerprint density at radius 1 is 1.03 bits per heavy atom. The van der Waals surface area contributed by atoms with Gasteiger partial charge in [-0.05, 0) is 43.9 Å². The van der Waals surface area contributed by atoms with E-state index in [-0.39, 0.29) is 47.3 Å². The summed E-state index contributed by atoms with van der Waals surface area (Å²) in [6, 6.07) is 4.50. The summed E-state index contributed by atoms with van der Waals surface area (Å²) in [5, 5.41) is 2.70. The Morgan fingerprint density at radius 2 is 1.67 bits per heavy atom. The predicted octanol–water partition coefficient (Wildman–Crippen LogP) is 2.37. The number of carbonyl (C=O) groups excluding carboxylic acids is 3. The molecule has 2 atom stereocenters. The first-order valence-corrected chi connectivity index (χ1v) is 13.1. The molecule has 0 bridgehead atoms. The Labute approximate surface area is 194 Å². The maximum Gasteiger partial charge on any atom is 0.246 e. The maximum atomic E-state index is 13.2. The highest BCUT2D eigenvalue weighted by Gasteiger charge is 2.47. The Morgan fingerprint density at radius 3 is 2.27 bits per heavy atom. The quantitative estimate of drug-likeness (QED) is 0.604. The molecule has 1 saturated carbocycles.